The lowest BCUT2D eigenvalue weighted by Crippen LogP contribution is -1.98. The molecule has 0 spiro atoms. The second-order valence-corrected chi connectivity index (χ2v) is 3.15. The lowest BCUT2D eigenvalue weighted by atomic mass is 10.2. The normalized spacial score (nSPS) is 10.0. The second-order valence-electron chi connectivity index (χ2n) is 3.15. The highest BCUT2D eigenvalue weighted by molar-refractivity contribution is 5.74. The van der Waals surface area contributed by atoms with Crippen molar-refractivity contribution < 1.29 is 14.7 Å². The Morgan fingerprint density at radius 1 is 1.50 bits per heavy atom. The summed E-state index contributed by atoms with van der Waals surface area (Å²) < 4.78 is 1.89. The molecule has 14 heavy (non-hydrogen) atoms. The maximum atomic E-state index is 10.3. The van der Waals surface area contributed by atoms with Gasteiger partial charge in [0.05, 0.1) is 0 Å². The van der Waals surface area contributed by atoms with Crippen LogP contribution >= 0.6 is 0 Å². The van der Waals surface area contributed by atoms with Gasteiger partial charge in [0.2, 0.25) is 0 Å². The fourth-order valence-corrected chi connectivity index (χ4v) is 1.24. The first-order chi connectivity index (χ1) is 6.72. The van der Waals surface area contributed by atoms with Crippen LogP contribution in [0.1, 0.15) is 29.6 Å². The minimum Gasteiger partial charge on any atom is -0.481 e. The van der Waals surface area contributed by atoms with Gasteiger partial charge in [-0.3, -0.25) is 9.59 Å². The number of aryl methyl sites for hydroxylation is 1. The molecule has 1 heterocycles. The van der Waals surface area contributed by atoms with Crippen LogP contribution in [0.5, 0.6) is 0 Å². The van der Waals surface area contributed by atoms with E-state index < -0.39 is 5.97 Å². The average Bonchev–Trinajstić information content (AvgIpc) is 2.60. The number of aromatic nitrogens is 1. The molecule has 0 atom stereocenters. The molecule has 0 aliphatic carbocycles. The molecule has 1 rings (SSSR count). The Morgan fingerprint density at radius 3 is 2.86 bits per heavy atom. The Labute approximate surface area is 82.2 Å². The van der Waals surface area contributed by atoms with Crippen molar-refractivity contribution in [2.24, 2.45) is 0 Å². The number of carboxylic acids is 1. The molecule has 0 fully saturated rings. The van der Waals surface area contributed by atoms with E-state index in [-0.39, 0.29) is 6.42 Å². The molecule has 4 heteroatoms. The summed E-state index contributed by atoms with van der Waals surface area (Å²) in [5, 5.41) is 8.40. The minimum absolute atomic E-state index is 0.210. The van der Waals surface area contributed by atoms with Crippen molar-refractivity contribution in [1.29, 1.82) is 0 Å². The molecule has 0 unspecified atom stereocenters. The van der Waals surface area contributed by atoms with Gasteiger partial charge in [-0.1, -0.05) is 0 Å². The Balaban J connectivity index is 2.24. The van der Waals surface area contributed by atoms with Crippen LogP contribution in [0.2, 0.25) is 0 Å². The van der Waals surface area contributed by atoms with Crippen molar-refractivity contribution in [2.45, 2.75) is 25.8 Å². The first kappa shape index (κ1) is 10.5. The maximum Gasteiger partial charge on any atom is 0.303 e. The van der Waals surface area contributed by atoms with Crippen molar-refractivity contribution in [3.63, 3.8) is 0 Å². The first-order valence-electron chi connectivity index (χ1n) is 4.55. The maximum absolute atomic E-state index is 10.3. The number of rotatable bonds is 6. The van der Waals surface area contributed by atoms with E-state index in [2.05, 4.69) is 0 Å². The molecular formula is C10H13NO3. The average molecular weight is 195 g/mol. The van der Waals surface area contributed by atoms with Crippen molar-refractivity contribution in [2.75, 3.05) is 0 Å². The number of carbonyl (C=O) groups excluding carboxylic acids is 1. The molecule has 0 saturated heterocycles. The molecular weight excluding hydrogens is 182 g/mol. The molecule has 0 saturated carbocycles. The molecule has 0 aliphatic heterocycles. The van der Waals surface area contributed by atoms with Crippen LogP contribution in [-0.2, 0) is 11.3 Å². The molecule has 4 nitrogen and oxygen atoms in total. The summed E-state index contributed by atoms with van der Waals surface area (Å²) in [4.78, 5) is 20.6. The zero-order valence-electron chi connectivity index (χ0n) is 7.85. The van der Waals surface area contributed by atoms with Crippen molar-refractivity contribution in [3.05, 3.63) is 24.0 Å². The quantitative estimate of drug-likeness (QED) is 0.553. The highest BCUT2D eigenvalue weighted by Gasteiger charge is 1.98. The third-order valence-electron chi connectivity index (χ3n) is 1.97. The molecule has 0 aromatic carbocycles. The Kier molecular flexibility index (Phi) is 3.91. The topological polar surface area (TPSA) is 59.3 Å². The fourth-order valence-electron chi connectivity index (χ4n) is 1.24. The number of aliphatic carboxylic acids is 1. The van der Waals surface area contributed by atoms with E-state index in [9.17, 15) is 9.59 Å². The van der Waals surface area contributed by atoms with Crippen LogP contribution in [0.3, 0.4) is 0 Å². The van der Waals surface area contributed by atoms with Crippen LogP contribution < -0.4 is 0 Å². The van der Waals surface area contributed by atoms with E-state index in [1.807, 2.05) is 10.8 Å². The number of carboxylic acid groups (broad SMARTS) is 1. The van der Waals surface area contributed by atoms with E-state index in [1.165, 1.54) is 0 Å². The summed E-state index contributed by atoms with van der Waals surface area (Å²) >= 11 is 0. The van der Waals surface area contributed by atoms with Crippen LogP contribution in [0.4, 0.5) is 0 Å². The number of nitrogens with zero attached hydrogens (tertiary/aromatic N) is 1. The molecule has 0 radical (unpaired) electrons. The molecule has 0 aliphatic rings. The number of aldehydes is 1. The monoisotopic (exact) mass is 195 g/mol. The summed E-state index contributed by atoms with van der Waals surface area (Å²) in [5.41, 5.74) is 0.656. The van der Waals surface area contributed by atoms with Gasteiger partial charge in [-0.2, -0.15) is 0 Å². The number of unbranched alkanes of at least 4 members (excludes halogenated alkanes) is 1. The van der Waals surface area contributed by atoms with E-state index in [4.69, 9.17) is 5.11 Å². The van der Waals surface area contributed by atoms with Gasteiger partial charge in [0.15, 0.2) is 6.29 Å². The summed E-state index contributed by atoms with van der Waals surface area (Å²) in [5.74, 6) is -0.758. The Morgan fingerprint density at radius 2 is 2.29 bits per heavy atom. The zero-order valence-corrected chi connectivity index (χ0v) is 7.85. The smallest absolute Gasteiger partial charge is 0.303 e. The van der Waals surface area contributed by atoms with E-state index >= 15 is 0 Å². The van der Waals surface area contributed by atoms with Gasteiger partial charge in [-0.05, 0) is 18.9 Å². The lowest BCUT2D eigenvalue weighted by molar-refractivity contribution is -0.137. The first-order valence-corrected chi connectivity index (χ1v) is 4.55. The van der Waals surface area contributed by atoms with Gasteiger partial charge in [-0.25, -0.2) is 0 Å². The van der Waals surface area contributed by atoms with Crippen LogP contribution in [0.25, 0.3) is 0 Å². The van der Waals surface area contributed by atoms with Crippen LogP contribution in [0.15, 0.2) is 18.5 Å². The number of carbonyl (C=O) groups is 2. The number of hydrogen-bond donors (Lipinski definition) is 1. The van der Waals surface area contributed by atoms with Gasteiger partial charge in [0.1, 0.15) is 0 Å². The van der Waals surface area contributed by atoms with Crippen molar-refractivity contribution >= 4 is 12.3 Å². The van der Waals surface area contributed by atoms with E-state index in [0.29, 0.717) is 12.0 Å². The summed E-state index contributed by atoms with van der Waals surface area (Å²) in [6.07, 6.45) is 6.08. The van der Waals surface area contributed by atoms with E-state index in [0.717, 1.165) is 19.3 Å². The highest BCUT2D eigenvalue weighted by Crippen LogP contribution is 2.02. The third kappa shape index (κ3) is 3.43. The van der Waals surface area contributed by atoms with Gasteiger partial charge in [0, 0.05) is 30.9 Å². The van der Waals surface area contributed by atoms with Crippen molar-refractivity contribution in [1.82, 2.24) is 4.57 Å². The molecule has 76 valence electrons. The SMILES string of the molecule is O=Cc1ccn(CCCCC(=O)O)c1. The zero-order chi connectivity index (χ0) is 10.4. The van der Waals surface area contributed by atoms with Crippen LogP contribution in [0, 0.1) is 0 Å². The fraction of sp³-hybridized carbons (Fsp3) is 0.400. The third-order valence-corrected chi connectivity index (χ3v) is 1.97. The largest absolute Gasteiger partial charge is 0.481 e. The summed E-state index contributed by atoms with van der Waals surface area (Å²) in [7, 11) is 0. The van der Waals surface area contributed by atoms with Gasteiger partial charge >= 0.3 is 5.97 Å². The van der Waals surface area contributed by atoms with Gasteiger partial charge < -0.3 is 9.67 Å². The Hall–Kier alpha value is -1.58. The summed E-state index contributed by atoms with van der Waals surface area (Å²) in [6, 6.07) is 1.74. The predicted molar refractivity (Wildman–Crippen MR) is 51.3 cm³/mol. The predicted octanol–water partition coefficient (Wildman–Crippen LogP) is 1.56. The molecule has 1 aromatic rings. The Bertz CT molecular complexity index is 317. The molecule has 1 N–H and O–H groups in total. The molecule has 0 amide bonds. The number of hydrogen-bond acceptors (Lipinski definition) is 2. The standard InChI is InChI=1S/C10H13NO3/c12-8-9-4-6-11(7-9)5-2-1-3-10(13)14/h4,6-8H,1-3,5H2,(H,13,14). The van der Waals surface area contributed by atoms with Gasteiger partial charge in [-0.15, -0.1) is 0 Å². The van der Waals surface area contributed by atoms with Gasteiger partial charge in [0.25, 0.3) is 0 Å². The van der Waals surface area contributed by atoms with E-state index in [1.54, 1.807) is 12.3 Å². The minimum atomic E-state index is -0.758. The lowest BCUT2D eigenvalue weighted by Gasteiger charge is -2.00. The molecule has 1 aromatic heterocycles. The highest BCUT2D eigenvalue weighted by atomic mass is 16.4. The second kappa shape index (κ2) is 5.21. The van der Waals surface area contributed by atoms with Crippen molar-refractivity contribution in [3.8, 4) is 0 Å². The summed E-state index contributed by atoms with van der Waals surface area (Å²) in [6.45, 7) is 0.765. The van der Waals surface area contributed by atoms with Crippen LogP contribution in [-0.4, -0.2) is 21.9 Å². The molecule has 0 bridgehead atoms.